The molecule has 0 spiro atoms. The quantitative estimate of drug-likeness (QED) is 0.890. The number of carbonyl (C=O) groups is 1. The molecule has 6 heteroatoms. The summed E-state index contributed by atoms with van der Waals surface area (Å²) in [6.07, 6.45) is -0.956. The number of carbonyl (C=O) groups excluding carboxylic acids is 1. The van der Waals surface area contributed by atoms with E-state index in [4.69, 9.17) is 4.74 Å². The summed E-state index contributed by atoms with van der Waals surface area (Å²) < 4.78 is 29.3. The van der Waals surface area contributed by atoms with Crippen LogP contribution in [-0.4, -0.2) is 19.8 Å². The van der Waals surface area contributed by atoms with Crippen LogP contribution in [0.25, 0.3) is 0 Å². The van der Waals surface area contributed by atoms with E-state index < -0.39 is 21.4 Å². The Kier molecular flexibility index (Phi) is 4.51. The molecule has 0 bridgehead atoms. The molecule has 0 saturated heterocycles. The predicted molar refractivity (Wildman–Crippen MR) is 63.8 cm³/mol. The molecule has 0 saturated carbocycles. The molecule has 0 heterocycles. The van der Waals surface area contributed by atoms with Gasteiger partial charge in [0.15, 0.2) is 0 Å². The Balaban J connectivity index is 2.47. The van der Waals surface area contributed by atoms with Crippen LogP contribution in [0.15, 0.2) is 30.3 Å². The summed E-state index contributed by atoms with van der Waals surface area (Å²) in [5, 5.41) is -0.674. The Labute approximate surface area is 101 Å². The van der Waals surface area contributed by atoms with Gasteiger partial charge in [-0.3, -0.25) is 0 Å². The molecule has 94 valence electrons. The first kappa shape index (κ1) is 13.5. The SMILES string of the molecule is CC(C)S(=O)(=O)NC(=O)OCc1ccccc1. The van der Waals surface area contributed by atoms with E-state index in [1.165, 1.54) is 13.8 Å². The van der Waals surface area contributed by atoms with E-state index in [0.717, 1.165) is 5.56 Å². The van der Waals surface area contributed by atoms with E-state index in [1.54, 1.807) is 12.1 Å². The van der Waals surface area contributed by atoms with E-state index in [1.807, 2.05) is 22.9 Å². The molecule has 1 N–H and O–H groups in total. The van der Waals surface area contributed by atoms with Gasteiger partial charge in [-0.1, -0.05) is 30.3 Å². The van der Waals surface area contributed by atoms with Crippen molar-refractivity contribution in [2.75, 3.05) is 0 Å². The van der Waals surface area contributed by atoms with Crippen molar-refractivity contribution < 1.29 is 17.9 Å². The minimum absolute atomic E-state index is 0.0420. The minimum Gasteiger partial charge on any atom is -0.444 e. The van der Waals surface area contributed by atoms with E-state index in [-0.39, 0.29) is 6.61 Å². The van der Waals surface area contributed by atoms with Gasteiger partial charge < -0.3 is 4.74 Å². The normalized spacial score (nSPS) is 11.2. The molecule has 1 aromatic rings. The van der Waals surface area contributed by atoms with Crippen LogP contribution < -0.4 is 4.72 Å². The first-order valence-corrected chi connectivity index (χ1v) is 6.69. The van der Waals surface area contributed by atoms with Crippen LogP contribution in [0.4, 0.5) is 4.79 Å². The summed E-state index contributed by atoms with van der Waals surface area (Å²) in [7, 11) is -3.63. The number of rotatable bonds is 4. The summed E-state index contributed by atoms with van der Waals surface area (Å²) in [5.41, 5.74) is 0.796. The lowest BCUT2D eigenvalue weighted by Crippen LogP contribution is -2.36. The number of ether oxygens (including phenoxy) is 1. The monoisotopic (exact) mass is 257 g/mol. The smallest absolute Gasteiger partial charge is 0.421 e. The highest BCUT2D eigenvalue weighted by atomic mass is 32.2. The molecule has 0 atom stereocenters. The van der Waals surface area contributed by atoms with Crippen molar-refractivity contribution in [2.45, 2.75) is 25.7 Å². The number of hydrogen-bond acceptors (Lipinski definition) is 4. The van der Waals surface area contributed by atoms with Crippen LogP contribution in [-0.2, 0) is 21.4 Å². The van der Waals surface area contributed by atoms with Gasteiger partial charge in [0.2, 0.25) is 10.0 Å². The fraction of sp³-hybridized carbons (Fsp3) is 0.364. The molecule has 0 radical (unpaired) electrons. The summed E-state index contributed by atoms with van der Waals surface area (Å²) >= 11 is 0. The predicted octanol–water partition coefficient (Wildman–Crippen LogP) is 1.65. The summed E-state index contributed by atoms with van der Waals surface area (Å²) in [4.78, 5) is 11.2. The Morgan fingerprint density at radius 3 is 2.41 bits per heavy atom. The average Bonchev–Trinajstić information content (AvgIpc) is 2.27. The molecule has 0 aliphatic heterocycles. The number of hydrogen-bond donors (Lipinski definition) is 1. The van der Waals surface area contributed by atoms with Crippen molar-refractivity contribution in [1.82, 2.24) is 4.72 Å². The molecule has 1 aromatic carbocycles. The maximum atomic E-state index is 11.3. The maximum absolute atomic E-state index is 11.3. The highest BCUT2D eigenvalue weighted by molar-refractivity contribution is 7.90. The highest BCUT2D eigenvalue weighted by Crippen LogP contribution is 2.02. The Morgan fingerprint density at radius 1 is 1.29 bits per heavy atom. The zero-order chi connectivity index (χ0) is 12.9. The zero-order valence-corrected chi connectivity index (χ0v) is 10.5. The van der Waals surface area contributed by atoms with Gasteiger partial charge >= 0.3 is 6.09 Å². The van der Waals surface area contributed by atoms with E-state index >= 15 is 0 Å². The largest absolute Gasteiger partial charge is 0.444 e. The van der Waals surface area contributed by atoms with Crippen molar-refractivity contribution in [2.24, 2.45) is 0 Å². The first-order chi connectivity index (χ1) is 7.92. The number of nitrogens with one attached hydrogen (secondary N) is 1. The molecule has 5 nitrogen and oxygen atoms in total. The third-order valence-corrected chi connectivity index (χ3v) is 3.75. The van der Waals surface area contributed by atoms with Crippen LogP contribution in [0.5, 0.6) is 0 Å². The van der Waals surface area contributed by atoms with Gasteiger partial charge in [-0.15, -0.1) is 0 Å². The molecule has 0 fully saturated rings. The van der Waals surface area contributed by atoms with Gasteiger partial charge in [0.1, 0.15) is 6.61 Å². The first-order valence-electron chi connectivity index (χ1n) is 5.14. The summed E-state index contributed by atoms with van der Waals surface area (Å²) in [6.45, 7) is 3.00. The van der Waals surface area contributed by atoms with E-state index in [2.05, 4.69) is 0 Å². The molecule has 17 heavy (non-hydrogen) atoms. The standard InChI is InChI=1S/C11H15NO4S/c1-9(2)17(14,15)12-11(13)16-8-10-6-4-3-5-7-10/h3-7,9H,8H2,1-2H3,(H,12,13). The van der Waals surface area contributed by atoms with Crippen molar-refractivity contribution >= 4 is 16.1 Å². The lowest BCUT2D eigenvalue weighted by Gasteiger charge is -2.09. The lowest BCUT2D eigenvalue weighted by atomic mass is 10.2. The summed E-state index contributed by atoms with van der Waals surface area (Å²) in [5.74, 6) is 0. The average molecular weight is 257 g/mol. The number of amides is 1. The minimum atomic E-state index is -3.63. The lowest BCUT2D eigenvalue weighted by molar-refractivity contribution is 0.146. The van der Waals surface area contributed by atoms with Crippen LogP contribution >= 0.6 is 0 Å². The van der Waals surface area contributed by atoms with Crippen molar-refractivity contribution in [3.05, 3.63) is 35.9 Å². The fourth-order valence-corrected chi connectivity index (χ4v) is 1.51. The van der Waals surface area contributed by atoms with Crippen LogP contribution in [0.3, 0.4) is 0 Å². The molecule has 0 aliphatic rings. The van der Waals surface area contributed by atoms with Crippen LogP contribution in [0.1, 0.15) is 19.4 Å². The van der Waals surface area contributed by atoms with E-state index in [9.17, 15) is 13.2 Å². The van der Waals surface area contributed by atoms with Crippen LogP contribution in [0.2, 0.25) is 0 Å². The number of benzene rings is 1. The topological polar surface area (TPSA) is 72.5 Å². The Morgan fingerprint density at radius 2 is 1.88 bits per heavy atom. The Hall–Kier alpha value is -1.56. The van der Waals surface area contributed by atoms with Gasteiger partial charge in [-0.25, -0.2) is 17.9 Å². The van der Waals surface area contributed by atoms with Gasteiger partial charge in [-0.2, -0.15) is 0 Å². The molecule has 1 amide bonds. The third-order valence-electron chi connectivity index (χ3n) is 2.06. The fourth-order valence-electron chi connectivity index (χ4n) is 0.987. The van der Waals surface area contributed by atoms with Crippen molar-refractivity contribution in [3.63, 3.8) is 0 Å². The molecule has 0 aromatic heterocycles. The maximum Gasteiger partial charge on any atom is 0.421 e. The van der Waals surface area contributed by atoms with Crippen molar-refractivity contribution in [1.29, 1.82) is 0 Å². The molecule has 0 unspecified atom stereocenters. The number of sulfonamides is 1. The van der Waals surface area contributed by atoms with Gasteiger partial charge in [0.25, 0.3) is 0 Å². The van der Waals surface area contributed by atoms with Crippen LogP contribution in [0, 0.1) is 0 Å². The molecule has 0 aliphatic carbocycles. The van der Waals surface area contributed by atoms with Gasteiger partial charge in [0.05, 0.1) is 5.25 Å². The second-order valence-electron chi connectivity index (χ2n) is 3.76. The second-order valence-corrected chi connectivity index (χ2v) is 5.99. The molecule has 1 rings (SSSR count). The van der Waals surface area contributed by atoms with E-state index in [0.29, 0.717) is 0 Å². The van der Waals surface area contributed by atoms with Gasteiger partial charge in [0, 0.05) is 0 Å². The van der Waals surface area contributed by atoms with Gasteiger partial charge in [-0.05, 0) is 19.4 Å². The molecular weight excluding hydrogens is 242 g/mol. The second kappa shape index (κ2) is 5.67. The Bertz CT molecular complexity index is 468. The summed E-state index contributed by atoms with van der Waals surface area (Å²) in [6, 6.07) is 9.02. The zero-order valence-electron chi connectivity index (χ0n) is 9.71. The third kappa shape index (κ3) is 4.44. The van der Waals surface area contributed by atoms with Crippen molar-refractivity contribution in [3.8, 4) is 0 Å². The molecular formula is C11H15NO4S. The highest BCUT2D eigenvalue weighted by Gasteiger charge is 2.19.